The monoisotopic (exact) mass is 303 g/mol. The first-order valence-corrected chi connectivity index (χ1v) is 6.46. The summed E-state index contributed by atoms with van der Waals surface area (Å²) in [6.45, 7) is 0. The molecular weight excluding hydrogens is 297 g/mol. The molecule has 0 spiro atoms. The summed E-state index contributed by atoms with van der Waals surface area (Å²) in [6, 6.07) is 5.17. The van der Waals surface area contributed by atoms with Crippen LogP contribution in [0.2, 0.25) is 10.0 Å². The molecule has 0 bridgehead atoms. The zero-order valence-electron chi connectivity index (χ0n) is 10.0. The summed E-state index contributed by atoms with van der Waals surface area (Å²) in [7, 11) is 0. The highest BCUT2D eigenvalue weighted by Crippen LogP contribution is 2.33. The number of hydrogen-bond donors (Lipinski definition) is 0. The van der Waals surface area contributed by atoms with Crippen LogP contribution in [0, 0.1) is 0 Å². The zero-order chi connectivity index (χ0) is 14.1. The minimum Gasteiger partial charge on any atom is -0.296 e. The molecule has 3 aromatic rings. The number of carbonyl (C=O) groups excluding carboxylic acids is 1. The highest BCUT2D eigenvalue weighted by Gasteiger charge is 2.11. The average Bonchev–Trinajstić information content (AvgIpc) is 2.46. The highest BCUT2D eigenvalue weighted by molar-refractivity contribution is 6.36. The number of aromatic nitrogens is 3. The summed E-state index contributed by atoms with van der Waals surface area (Å²) in [5.41, 5.74) is 2.88. The molecule has 2 aromatic heterocycles. The van der Waals surface area contributed by atoms with Gasteiger partial charge in [0.05, 0.1) is 17.4 Å². The summed E-state index contributed by atoms with van der Waals surface area (Å²) in [5, 5.41) is 1.04. The molecule has 0 radical (unpaired) electrons. The molecule has 0 aliphatic carbocycles. The highest BCUT2D eigenvalue weighted by atomic mass is 35.5. The lowest BCUT2D eigenvalue weighted by Crippen LogP contribution is -1.94. The second kappa shape index (κ2) is 5.15. The number of aldehydes is 1. The van der Waals surface area contributed by atoms with Crippen molar-refractivity contribution in [2.75, 3.05) is 0 Å². The van der Waals surface area contributed by atoms with Crippen LogP contribution in [0.1, 0.15) is 10.5 Å². The van der Waals surface area contributed by atoms with Crippen molar-refractivity contribution >= 4 is 40.5 Å². The van der Waals surface area contributed by atoms with Gasteiger partial charge in [-0.1, -0.05) is 29.3 Å². The number of carbonyl (C=O) groups is 1. The summed E-state index contributed by atoms with van der Waals surface area (Å²) >= 11 is 12.1. The molecule has 0 aliphatic heterocycles. The Hall–Kier alpha value is -2.04. The number of benzene rings is 1. The standard InChI is InChI=1S/C14H7Cl2N3O/c15-8-1-2-10(12(16)3-8)11-5-17-6-13-14(11)19-9(7-20)4-18-13/h1-7H. The van der Waals surface area contributed by atoms with Gasteiger partial charge in [0, 0.05) is 22.3 Å². The maximum Gasteiger partial charge on any atom is 0.170 e. The molecule has 0 amide bonds. The van der Waals surface area contributed by atoms with Gasteiger partial charge in [0.25, 0.3) is 0 Å². The van der Waals surface area contributed by atoms with E-state index in [1.807, 2.05) is 0 Å². The van der Waals surface area contributed by atoms with Gasteiger partial charge in [-0.2, -0.15) is 0 Å². The van der Waals surface area contributed by atoms with E-state index >= 15 is 0 Å². The molecular formula is C14H7Cl2N3O. The van der Waals surface area contributed by atoms with E-state index in [0.29, 0.717) is 32.9 Å². The van der Waals surface area contributed by atoms with E-state index in [2.05, 4.69) is 15.0 Å². The van der Waals surface area contributed by atoms with Crippen molar-refractivity contribution < 1.29 is 4.79 Å². The van der Waals surface area contributed by atoms with Gasteiger partial charge in [-0.15, -0.1) is 0 Å². The number of hydrogen-bond acceptors (Lipinski definition) is 4. The largest absolute Gasteiger partial charge is 0.296 e. The van der Waals surface area contributed by atoms with Crippen LogP contribution in [0.15, 0.2) is 36.8 Å². The van der Waals surface area contributed by atoms with Crippen LogP contribution in [0.25, 0.3) is 22.2 Å². The molecule has 0 atom stereocenters. The molecule has 6 heteroatoms. The maximum absolute atomic E-state index is 10.8. The Morgan fingerprint density at radius 1 is 1.05 bits per heavy atom. The van der Waals surface area contributed by atoms with Crippen molar-refractivity contribution in [1.82, 2.24) is 15.0 Å². The van der Waals surface area contributed by atoms with E-state index in [9.17, 15) is 4.79 Å². The number of fused-ring (bicyclic) bond motifs is 1. The molecule has 0 N–H and O–H groups in total. The van der Waals surface area contributed by atoms with Crippen LogP contribution in [0.3, 0.4) is 0 Å². The Bertz CT molecular complexity index is 821. The Kier molecular flexibility index (Phi) is 3.34. The molecule has 98 valence electrons. The first-order valence-electron chi connectivity index (χ1n) is 5.70. The normalized spacial score (nSPS) is 10.7. The van der Waals surface area contributed by atoms with Crippen molar-refractivity contribution in [1.29, 1.82) is 0 Å². The van der Waals surface area contributed by atoms with Crippen molar-refractivity contribution in [2.45, 2.75) is 0 Å². The first kappa shape index (κ1) is 13.0. The number of pyridine rings is 1. The van der Waals surface area contributed by atoms with E-state index in [1.165, 1.54) is 6.20 Å². The molecule has 0 fully saturated rings. The van der Waals surface area contributed by atoms with Gasteiger partial charge in [0.1, 0.15) is 16.7 Å². The van der Waals surface area contributed by atoms with Crippen molar-refractivity contribution in [3.8, 4) is 11.1 Å². The molecule has 0 saturated carbocycles. The molecule has 0 aliphatic rings. The van der Waals surface area contributed by atoms with Crippen molar-refractivity contribution in [3.63, 3.8) is 0 Å². The van der Waals surface area contributed by atoms with Crippen LogP contribution in [0.4, 0.5) is 0 Å². The van der Waals surface area contributed by atoms with Crippen molar-refractivity contribution in [3.05, 3.63) is 52.5 Å². The van der Waals surface area contributed by atoms with E-state index in [4.69, 9.17) is 23.2 Å². The summed E-state index contributed by atoms with van der Waals surface area (Å²) in [6.07, 6.45) is 5.29. The molecule has 0 saturated heterocycles. The lowest BCUT2D eigenvalue weighted by molar-refractivity contribution is 0.111. The Morgan fingerprint density at radius 2 is 1.90 bits per heavy atom. The third-order valence-corrected chi connectivity index (χ3v) is 3.36. The maximum atomic E-state index is 10.8. The number of nitrogens with zero attached hydrogens (tertiary/aromatic N) is 3. The predicted molar refractivity (Wildman–Crippen MR) is 78.2 cm³/mol. The summed E-state index contributed by atoms with van der Waals surface area (Å²) < 4.78 is 0. The zero-order valence-corrected chi connectivity index (χ0v) is 11.6. The second-order valence-corrected chi connectivity index (χ2v) is 4.94. The molecule has 4 nitrogen and oxygen atoms in total. The smallest absolute Gasteiger partial charge is 0.170 e. The fourth-order valence-electron chi connectivity index (χ4n) is 1.91. The minimum absolute atomic E-state index is 0.259. The van der Waals surface area contributed by atoms with Crippen LogP contribution in [-0.2, 0) is 0 Å². The molecule has 3 rings (SSSR count). The van der Waals surface area contributed by atoms with Crippen LogP contribution in [-0.4, -0.2) is 21.2 Å². The van der Waals surface area contributed by atoms with Gasteiger partial charge in [-0.3, -0.25) is 14.8 Å². The summed E-state index contributed by atoms with van der Waals surface area (Å²) in [4.78, 5) is 23.4. The van der Waals surface area contributed by atoms with E-state index in [0.717, 1.165) is 5.56 Å². The van der Waals surface area contributed by atoms with Crippen LogP contribution >= 0.6 is 23.2 Å². The molecule has 20 heavy (non-hydrogen) atoms. The van der Waals surface area contributed by atoms with Gasteiger partial charge in [0.15, 0.2) is 6.29 Å². The average molecular weight is 304 g/mol. The Labute approximate surface area is 124 Å². The van der Waals surface area contributed by atoms with Gasteiger partial charge in [-0.25, -0.2) is 4.98 Å². The topological polar surface area (TPSA) is 55.7 Å². The van der Waals surface area contributed by atoms with E-state index in [-0.39, 0.29) is 5.69 Å². The van der Waals surface area contributed by atoms with Gasteiger partial charge in [0.2, 0.25) is 0 Å². The van der Waals surface area contributed by atoms with E-state index < -0.39 is 0 Å². The number of halogens is 2. The SMILES string of the molecule is O=Cc1cnc2cncc(-c3ccc(Cl)cc3Cl)c2n1. The fourth-order valence-corrected chi connectivity index (χ4v) is 2.42. The Balaban J connectivity index is 2.32. The van der Waals surface area contributed by atoms with E-state index in [1.54, 1.807) is 30.6 Å². The van der Waals surface area contributed by atoms with Gasteiger partial charge < -0.3 is 0 Å². The molecule has 1 aromatic carbocycles. The molecule has 0 unspecified atom stereocenters. The van der Waals surface area contributed by atoms with Crippen molar-refractivity contribution in [2.24, 2.45) is 0 Å². The lowest BCUT2D eigenvalue weighted by Gasteiger charge is -2.07. The lowest BCUT2D eigenvalue weighted by atomic mass is 10.1. The quantitative estimate of drug-likeness (QED) is 0.676. The minimum atomic E-state index is 0.259. The van der Waals surface area contributed by atoms with Crippen LogP contribution < -0.4 is 0 Å². The second-order valence-electron chi connectivity index (χ2n) is 4.09. The predicted octanol–water partition coefficient (Wildman–Crippen LogP) is 3.81. The third kappa shape index (κ3) is 2.24. The summed E-state index contributed by atoms with van der Waals surface area (Å²) in [5.74, 6) is 0. The van der Waals surface area contributed by atoms with Gasteiger partial charge >= 0.3 is 0 Å². The Morgan fingerprint density at radius 3 is 2.65 bits per heavy atom. The molecule has 2 heterocycles. The third-order valence-electron chi connectivity index (χ3n) is 2.82. The number of rotatable bonds is 2. The van der Waals surface area contributed by atoms with Gasteiger partial charge in [-0.05, 0) is 12.1 Å². The first-order chi connectivity index (χ1) is 9.69. The fraction of sp³-hybridized carbons (Fsp3) is 0. The van der Waals surface area contributed by atoms with Crippen LogP contribution in [0.5, 0.6) is 0 Å².